The highest BCUT2D eigenvalue weighted by molar-refractivity contribution is 6.42. The Balaban J connectivity index is 2.41. The largest absolute Gasteiger partial charge is 0.0827 e. The Morgan fingerprint density at radius 3 is 2.30 bits per heavy atom. The van der Waals surface area contributed by atoms with E-state index in [1.165, 1.54) is 56.9 Å². The Morgan fingerprint density at radius 1 is 1.05 bits per heavy atom. The van der Waals surface area contributed by atoms with Crippen molar-refractivity contribution >= 4 is 23.2 Å². The molecule has 0 radical (unpaired) electrons. The molecule has 0 N–H and O–H groups in total. The van der Waals surface area contributed by atoms with Crippen molar-refractivity contribution in [2.24, 2.45) is 5.92 Å². The third-order valence-electron chi connectivity index (χ3n) is 5.15. The maximum absolute atomic E-state index is 6.29. The standard InChI is InChI=1S/C18H26Cl2/c1-3-8-14(4-2)18(11-6-5-7-12-18)15-9-10-16(19)17(20)13-15/h9-10,13-14H,3-8,11-12H2,1-2H3/t14-/m1/s1. The van der Waals surface area contributed by atoms with Crippen molar-refractivity contribution in [3.8, 4) is 0 Å². The molecule has 0 nitrogen and oxygen atoms in total. The molecule has 20 heavy (non-hydrogen) atoms. The van der Waals surface area contributed by atoms with Gasteiger partial charge >= 0.3 is 0 Å². The lowest BCUT2D eigenvalue weighted by molar-refractivity contribution is 0.173. The fourth-order valence-electron chi connectivity index (χ4n) is 4.14. The van der Waals surface area contributed by atoms with Gasteiger partial charge in [0, 0.05) is 0 Å². The normalized spacial score (nSPS) is 19.8. The van der Waals surface area contributed by atoms with Gasteiger partial charge < -0.3 is 0 Å². The maximum Gasteiger partial charge on any atom is 0.0595 e. The first-order valence-electron chi connectivity index (χ1n) is 8.09. The lowest BCUT2D eigenvalue weighted by Crippen LogP contribution is -2.37. The minimum absolute atomic E-state index is 0.331. The zero-order valence-corrected chi connectivity index (χ0v) is 14.2. The predicted molar refractivity (Wildman–Crippen MR) is 89.9 cm³/mol. The molecule has 0 bridgehead atoms. The SMILES string of the molecule is CCC[C@@H](CC)C1(c2ccc(Cl)c(Cl)c2)CCCCC1. The van der Waals surface area contributed by atoms with Crippen molar-refractivity contribution in [1.82, 2.24) is 0 Å². The Hall–Kier alpha value is -0.200. The molecule has 1 fully saturated rings. The summed E-state index contributed by atoms with van der Waals surface area (Å²) in [6.07, 6.45) is 10.5. The van der Waals surface area contributed by atoms with Gasteiger partial charge in [-0.1, -0.05) is 75.2 Å². The number of halogens is 2. The van der Waals surface area contributed by atoms with Gasteiger partial charge in [-0.05, 0) is 48.3 Å². The Kier molecular flexibility index (Phi) is 5.81. The van der Waals surface area contributed by atoms with Crippen LogP contribution >= 0.6 is 23.2 Å². The molecule has 1 aromatic rings. The van der Waals surface area contributed by atoms with E-state index >= 15 is 0 Å². The van der Waals surface area contributed by atoms with Crippen LogP contribution in [0.5, 0.6) is 0 Å². The van der Waals surface area contributed by atoms with Crippen LogP contribution in [0.2, 0.25) is 10.0 Å². The second-order valence-corrected chi connectivity index (χ2v) is 7.05. The van der Waals surface area contributed by atoms with Crippen LogP contribution in [-0.4, -0.2) is 0 Å². The first kappa shape index (κ1) is 16.2. The summed E-state index contributed by atoms with van der Waals surface area (Å²) in [6.45, 7) is 4.64. The lowest BCUT2D eigenvalue weighted by atomic mass is 9.60. The van der Waals surface area contributed by atoms with Crippen molar-refractivity contribution in [1.29, 1.82) is 0 Å². The second kappa shape index (κ2) is 7.18. The van der Waals surface area contributed by atoms with Gasteiger partial charge in [0.25, 0.3) is 0 Å². The third-order valence-corrected chi connectivity index (χ3v) is 5.89. The van der Waals surface area contributed by atoms with Crippen LogP contribution in [0.15, 0.2) is 18.2 Å². The summed E-state index contributed by atoms with van der Waals surface area (Å²) in [6, 6.07) is 6.33. The molecule has 1 atom stereocenters. The molecule has 1 saturated carbocycles. The molecular weight excluding hydrogens is 287 g/mol. The van der Waals surface area contributed by atoms with E-state index in [-0.39, 0.29) is 0 Å². The monoisotopic (exact) mass is 312 g/mol. The predicted octanol–water partition coefficient (Wildman–Crippen LogP) is 7.02. The molecule has 1 aliphatic rings. The first-order chi connectivity index (χ1) is 9.64. The average molecular weight is 313 g/mol. The van der Waals surface area contributed by atoms with E-state index < -0.39 is 0 Å². The molecule has 2 heteroatoms. The summed E-state index contributed by atoms with van der Waals surface area (Å²) in [7, 11) is 0. The zero-order valence-electron chi connectivity index (χ0n) is 12.7. The molecule has 0 heterocycles. The molecule has 0 unspecified atom stereocenters. The van der Waals surface area contributed by atoms with E-state index in [1.54, 1.807) is 0 Å². The Bertz CT molecular complexity index is 433. The topological polar surface area (TPSA) is 0 Å². The van der Waals surface area contributed by atoms with Crippen LogP contribution in [0.1, 0.15) is 70.8 Å². The van der Waals surface area contributed by atoms with Crippen molar-refractivity contribution < 1.29 is 0 Å². The van der Waals surface area contributed by atoms with Gasteiger partial charge in [0.15, 0.2) is 0 Å². The van der Waals surface area contributed by atoms with Gasteiger partial charge in [-0.2, -0.15) is 0 Å². The van der Waals surface area contributed by atoms with Gasteiger partial charge in [0.1, 0.15) is 0 Å². The van der Waals surface area contributed by atoms with Crippen LogP contribution in [-0.2, 0) is 5.41 Å². The Morgan fingerprint density at radius 2 is 1.75 bits per heavy atom. The van der Waals surface area contributed by atoms with E-state index in [9.17, 15) is 0 Å². The van der Waals surface area contributed by atoms with Crippen molar-refractivity contribution in [3.63, 3.8) is 0 Å². The summed E-state index contributed by atoms with van der Waals surface area (Å²) in [5.41, 5.74) is 1.75. The summed E-state index contributed by atoms with van der Waals surface area (Å²) in [5.74, 6) is 0.769. The smallest absolute Gasteiger partial charge is 0.0595 e. The number of rotatable bonds is 5. The molecule has 0 spiro atoms. The van der Waals surface area contributed by atoms with Crippen molar-refractivity contribution in [2.75, 3.05) is 0 Å². The van der Waals surface area contributed by atoms with E-state index in [0.29, 0.717) is 15.5 Å². The summed E-state index contributed by atoms with van der Waals surface area (Å²) >= 11 is 12.4. The molecule has 2 rings (SSSR count). The Labute approximate surface area is 133 Å². The van der Waals surface area contributed by atoms with E-state index in [1.807, 2.05) is 6.07 Å². The highest BCUT2D eigenvalue weighted by Crippen LogP contribution is 2.48. The average Bonchev–Trinajstić information content (AvgIpc) is 2.48. The van der Waals surface area contributed by atoms with Gasteiger partial charge in [-0.25, -0.2) is 0 Å². The van der Waals surface area contributed by atoms with Gasteiger partial charge in [-0.3, -0.25) is 0 Å². The third kappa shape index (κ3) is 3.17. The number of benzene rings is 1. The fraction of sp³-hybridized carbons (Fsp3) is 0.667. The molecule has 112 valence electrons. The van der Waals surface area contributed by atoms with Gasteiger partial charge in [0.2, 0.25) is 0 Å². The molecule has 0 aromatic heterocycles. The van der Waals surface area contributed by atoms with Crippen LogP contribution in [0.3, 0.4) is 0 Å². The number of hydrogen-bond acceptors (Lipinski definition) is 0. The van der Waals surface area contributed by atoms with Crippen molar-refractivity contribution in [3.05, 3.63) is 33.8 Å². The minimum atomic E-state index is 0.331. The van der Waals surface area contributed by atoms with E-state index in [0.717, 1.165) is 5.92 Å². The van der Waals surface area contributed by atoms with Crippen LogP contribution in [0.4, 0.5) is 0 Å². The first-order valence-corrected chi connectivity index (χ1v) is 8.85. The zero-order chi connectivity index (χ0) is 14.6. The molecule has 1 aromatic carbocycles. The van der Waals surface area contributed by atoms with E-state index in [4.69, 9.17) is 23.2 Å². The van der Waals surface area contributed by atoms with Gasteiger partial charge in [-0.15, -0.1) is 0 Å². The summed E-state index contributed by atoms with van der Waals surface area (Å²) in [5, 5.41) is 1.38. The molecule has 0 aliphatic heterocycles. The summed E-state index contributed by atoms with van der Waals surface area (Å²) in [4.78, 5) is 0. The van der Waals surface area contributed by atoms with E-state index in [2.05, 4.69) is 26.0 Å². The maximum atomic E-state index is 6.29. The molecular formula is C18H26Cl2. The fourth-order valence-corrected chi connectivity index (χ4v) is 4.44. The van der Waals surface area contributed by atoms with Crippen LogP contribution < -0.4 is 0 Å². The van der Waals surface area contributed by atoms with Gasteiger partial charge in [0.05, 0.1) is 10.0 Å². The number of hydrogen-bond donors (Lipinski definition) is 0. The molecule has 0 saturated heterocycles. The van der Waals surface area contributed by atoms with Crippen LogP contribution in [0, 0.1) is 5.92 Å². The molecule has 1 aliphatic carbocycles. The quantitative estimate of drug-likeness (QED) is 0.548. The highest BCUT2D eigenvalue weighted by atomic mass is 35.5. The second-order valence-electron chi connectivity index (χ2n) is 6.24. The van der Waals surface area contributed by atoms with Crippen molar-refractivity contribution in [2.45, 2.75) is 70.6 Å². The molecule has 0 amide bonds. The van der Waals surface area contributed by atoms with Crippen LogP contribution in [0.25, 0.3) is 0 Å². The highest BCUT2D eigenvalue weighted by Gasteiger charge is 2.39. The summed E-state index contributed by atoms with van der Waals surface area (Å²) < 4.78 is 0. The minimum Gasteiger partial charge on any atom is -0.0827 e. The lowest BCUT2D eigenvalue weighted by Gasteiger charge is -2.44.